The fourth-order valence-corrected chi connectivity index (χ4v) is 2.95. The van der Waals surface area contributed by atoms with Crippen LogP contribution in [0.2, 0.25) is 5.02 Å². The summed E-state index contributed by atoms with van der Waals surface area (Å²) in [4.78, 5) is 3.46. The first-order chi connectivity index (χ1) is 9.69. The van der Waals surface area contributed by atoms with Gasteiger partial charge < -0.3 is 5.11 Å². The molecule has 20 heavy (non-hydrogen) atoms. The van der Waals surface area contributed by atoms with Gasteiger partial charge in [0.05, 0.1) is 0 Å². The Morgan fingerprint density at radius 1 is 1.20 bits per heavy atom. The van der Waals surface area contributed by atoms with E-state index in [0.29, 0.717) is 0 Å². The van der Waals surface area contributed by atoms with E-state index < -0.39 is 0 Å². The van der Waals surface area contributed by atoms with Crippen LogP contribution in [0.15, 0.2) is 35.7 Å². The Labute approximate surface area is 128 Å². The molecule has 0 aliphatic rings. The second kappa shape index (κ2) is 7.47. The smallest absolute Gasteiger partial charge is 0.104 e. The van der Waals surface area contributed by atoms with E-state index in [0.717, 1.165) is 23.7 Å². The van der Waals surface area contributed by atoms with Gasteiger partial charge in [-0.2, -0.15) is 0 Å². The zero-order valence-electron chi connectivity index (χ0n) is 11.3. The largest absolute Gasteiger partial charge is 0.384 e. The number of benzene rings is 1. The molecule has 1 aromatic carbocycles. The molecule has 0 saturated heterocycles. The highest BCUT2D eigenvalue weighted by atomic mass is 35.5. The van der Waals surface area contributed by atoms with Crippen molar-refractivity contribution in [1.82, 2.24) is 4.90 Å². The molecule has 0 unspecified atom stereocenters. The van der Waals surface area contributed by atoms with Gasteiger partial charge in [-0.15, -0.1) is 11.3 Å². The molecule has 0 radical (unpaired) electrons. The lowest BCUT2D eigenvalue weighted by atomic mass is 10.2. The molecule has 2 aromatic rings. The van der Waals surface area contributed by atoms with Gasteiger partial charge in [0.2, 0.25) is 0 Å². The summed E-state index contributed by atoms with van der Waals surface area (Å²) in [5.41, 5.74) is 2.24. The maximum Gasteiger partial charge on any atom is 0.104 e. The van der Waals surface area contributed by atoms with Crippen LogP contribution in [0.25, 0.3) is 0 Å². The number of thiophene rings is 1. The average Bonchev–Trinajstić information content (AvgIpc) is 2.86. The average molecular weight is 306 g/mol. The number of hydrogen-bond donors (Lipinski definition) is 1. The van der Waals surface area contributed by atoms with E-state index in [1.165, 1.54) is 10.4 Å². The minimum Gasteiger partial charge on any atom is -0.384 e. The number of halogens is 1. The Balaban J connectivity index is 1.99. The molecule has 2 rings (SSSR count). The van der Waals surface area contributed by atoms with E-state index >= 15 is 0 Å². The molecule has 104 valence electrons. The Hall–Kier alpha value is -1.31. The van der Waals surface area contributed by atoms with Crippen LogP contribution in [0, 0.1) is 11.8 Å². The minimum atomic E-state index is -0.101. The molecule has 0 bridgehead atoms. The van der Waals surface area contributed by atoms with E-state index in [4.69, 9.17) is 16.7 Å². The van der Waals surface area contributed by atoms with Crippen molar-refractivity contribution in [2.24, 2.45) is 0 Å². The van der Waals surface area contributed by atoms with Gasteiger partial charge in [0.25, 0.3) is 0 Å². The van der Waals surface area contributed by atoms with Crippen molar-refractivity contribution in [3.63, 3.8) is 0 Å². The minimum absolute atomic E-state index is 0.101. The zero-order valence-corrected chi connectivity index (χ0v) is 12.8. The lowest BCUT2D eigenvalue weighted by Crippen LogP contribution is -2.17. The summed E-state index contributed by atoms with van der Waals surface area (Å²) in [6.07, 6.45) is 0. The summed E-state index contributed by atoms with van der Waals surface area (Å²) >= 11 is 7.58. The van der Waals surface area contributed by atoms with Gasteiger partial charge in [0.15, 0.2) is 0 Å². The van der Waals surface area contributed by atoms with E-state index in [1.54, 1.807) is 11.3 Å². The zero-order chi connectivity index (χ0) is 14.4. The van der Waals surface area contributed by atoms with Gasteiger partial charge in [-0.05, 0) is 36.2 Å². The molecule has 4 heteroatoms. The molecular weight excluding hydrogens is 290 g/mol. The van der Waals surface area contributed by atoms with Crippen molar-refractivity contribution >= 4 is 22.9 Å². The van der Waals surface area contributed by atoms with Gasteiger partial charge in [-0.3, -0.25) is 4.90 Å². The van der Waals surface area contributed by atoms with Crippen molar-refractivity contribution in [2.75, 3.05) is 13.7 Å². The van der Waals surface area contributed by atoms with Gasteiger partial charge in [-0.25, -0.2) is 0 Å². The van der Waals surface area contributed by atoms with Gasteiger partial charge in [0, 0.05) is 28.6 Å². The lowest BCUT2D eigenvalue weighted by Gasteiger charge is -2.16. The third-order valence-corrected chi connectivity index (χ3v) is 3.98. The maximum atomic E-state index is 8.76. The Bertz CT molecular complexity index is 609. The van der Waals surface area contributed by atoms with Crippen LogP contribution in [-0.2, 0) is 13.1 Å². The van der Waals surface area contributed by atoms with E-state index in [2.05, 4.69) is 23.8 Å². The summed E-state index contributed by atoms with van der Waals surface area (Å²) in [6.45, 7) is 1.60. The van der Waals surface area contributed by atoms with Crippen molar-refractivity contribution in [3.05, 3.63) is 56.7 Å². The van der Waals surface area contributed by atoms with Crippen LogP contribution >= 0.6 is 22.9 Å². The third-order valence-electron chi connectivity index (χ3n) is 2.83. The number of aliphatic hydroxyl groups excluding tert-OH is 1. The highest BCUT2D eigenvalue weighted by Gasteiger charge is 2.06. The van der Waals surface area contributed by atoms with Crippen LogP contribution in [0.1, 0.15) is 16.0 Å². The first-order valence-corrected chi connectivity index (χ1v) is 7.54. The highest BCUT2D eigenvalue weighted by molar-refractivity contribution is 7.10. The van der Waals surface area contributed by atoms with E-state index in [-0.39, 0.29) is 6.61 Å². The summed E-state index contributed by atoms with van der Waals surface area (Å²) in [6, 6.07) is 9.90. The molecule has 1 heterocycles. The second-order valence-electron chi connectivity index (χ2n) is 4.52. The fraction of sp³-hybridized carbons (Fsp3) is 0.250. The molecule has 0 spiro atoms. The Morgan fingerprint density at radius 3 is 2.65 bits per heavy atom. The van der Waals surface area contributed by atoms with Gasteiger partial charge in [-0.1, -0.05) is 35.6 Å². The molecule has 0 fully saturated rings. The normalized spacial score (nSPS) is 10.4. The first kappa shape index (κ1) is 15.1. The lowest BCUT2D eigenvalue weighted by molar-refractivity contribution is 0.322. The van der Waals surface area contributed by atoms with Crippen molar-refractivity contribution in [2.45, 2.75) is 13.1 Å². The molecule has 0 aliphatic heterocycles. The molecule has 2 nitrogen and oxygen atoms in total. The van der Waals surface area contributed by atoms with Crippen LogP contribution in [-0.4, -0.2) is 23.7 Å². The number of rotatable bonds is 4. The van der Waals surface area contributed by atoms with Crippen LogP contribution in [0.5, 0.6) is 0 Å². The molecule has 0 amide bonds. The molecule has 1 aromatic heterocycles. The summed E-state index contributed by atoms with van der Waals surface area (Å²) in [7, 11) is 2.08. The molecule has 0 atom stereocenters. The predicted molar refractivity (Wildman–Crippen MR) is 84.9 cm³/mol. The van der Waals surface area contributed by atoms with Crippen LogP contribution in [0.4, 0.5) is 0 Å². The molecule has 0 saturated carbocycles. The second-order valence-corrected chi connectivity index (χ2v) is 5.95. The standard InChI is InChI=1S/C16H16ClNOS/c1-18(11-13-4-6-15(17)7-5-13)12-16-14(3-2-9-19)8-10-20-16/h4-8,10,19H,9,11-12H2,1H3. The van der Waals surface area contributed by atoms with E-state index in [1.807, 2.05) is 35.7 Å². The molecule has 1 N–H and O–H groups in total. The summed E-state index contributed by atoms with van der Waals surface area (Å²) in [5, 5.41) is 11.6. The van der Waals surface area contributed by atoms with Crippen molar-refractivity contribution < 1.29 is 5.11 Å². The van der Waals surface area contributed by atoms with E-state index in [9.17, 15) is 0 Å². The first-order valence-electron chi connectivity index (χ1n) is 6.28. The number of nitrogens with zero attached hydrogens (tertiary/aromatic N) is 1. The fourth-order valence-electron chi connectivity index (χ4n) is 1.91. The molecule has 0 aliphatic carbocycles. The monoisotopic (exact) mass is 305 g/mol. The topological polar surface area (TPSA) is 23.5 Å². The van der Waals surface area contributed by atoms with Crippen LogP contribution < -0.4 is 0 Å². The van der Waals surface area contributed by atoms with Crippen LogP contribution in [0.3, 0.4) is 0 Å². The number of hydrogen-bond acceptors (Lipinski definition) is 3. The molecular formula is C16H16ClNOS. The summed E-state index contributed by atoms with van der Waals surface area (Å²) < 4.78 is 0. The Morgan fingerprint density at radius 2 is 1.95 bits per heavy atom. The van der Waals surface area contributed by atoms with Crippen molar-refractivity contribution in [1.29, 1.82) is 0 Å². The highest BCUT2D eigenvalue weighted by Crippen LogP contribution is 2.19. The Kier molecular flexibility index (Phi) is 5.63. The summed E-state index contributed by atoms with van der Waals surface area (Å²) in [5.74, 6) is 5.69. The maximum absolute atomic E-state index is 8.76. The van der Waals surface area contributed by atoms with Gasteiger partial charge >= 0.3 is 0 Å². The predicted octanol–water partition coefficient (Wildman–Crippen LogP) is 3.38. The SMILES string of the molecule is CN(Cc1ccc(Cl)cc1)Cc1sccc1C#CCO. The van der Waals surface area contributed by atoms with Gasteiger partial charge in [0.1, 0.15) is 6.61 Å². The third kappa shape index (κ3) is 4.36. The number of aliphatic hydroxyl groups is 1. The van der Waals surface area contributed by atoms with Crippen molar-refractivity contribution in [3.8, 4) is 11.8 Å². The quantitative estimate of drug-likeness (QED) is 0.875.